The highest BCUT2D eigenvalue weighted by atomic mass is 16.4. The van der Waals surface area contributed by atoms with Gasteiger partial charge in [-0.3, -0.25) is 24.0 Å². The molecule has 4 amide bonds. The number of primary amides is 1. The number of phenolic OH excluding ortho intramolecular Hbond substituents is 1. The van der Waals surface area contributed by atoms with Crippen LogP contribution in [-0.4, -0.2) is 85.0 Å². The highest BCUT2D eigenvalue weighted by Crippen LogP contribution is 2.12. The molecule has 16 nitrogen and oxygen atoms in total. The van der Waals surface area contributed by atoms with Crippen LogP contribution in [0.4, 0.5) is 0 Å². The number of H-pyrrole nitrogens is 1. The number of nitrogens with zero attached hydrogens (tertiary/aromatic N) is 1. The highest BCUT2D eigenvalue weighted by molar-refractivity contribution is 5.95. The number of carbonyl (C=O) groups excluding carboxylic acids is 4. The molecule has 0 aliphatic rings. The second-order valence-electron chi connectivity index (χ2n) is 8.88. The third-order valence-electron chi connectivity index (χ3n) is 5.64. The summed E-state index contributed by atoms with van der Waals surface area (Å²) < 4.78 is 0. The molecule has 40 heavy (non-hydrogen) atoms. The standard InChI is InChI=1S/C24H31N7O9/c25-15(8-13-10-27-11-28-13)21(36)30-17(7-12-1-3-14(32)4-2-12)23(38)29-16(5-6-20(34)35)22(37)31-18(24(39)40)9-19(26)33/h1-4,10-11,15-18,32H,5-9,25H2,(H2,26,33)(H,27,28)(H,29,38)(H,30,36)(H,31,37)(H,34,35)(H,39,40). The van der Waals surface area contributed by atoms with Gasteiger partial charge in [0.2, 0.25) is 23.6 Å². The van der Waals surface area contributed by atoms with Crippen molar-refractivity contribution in [1.29, 1.82) is 0 Å². The molecule has 0 bridgehead atoms. The van der Waals surface area contributed by atoms with E-state index in [0.29, 0.717) is 11.3 Å². The summed E-state index contributed by atoms with van der Waals surface area (Å²) in [5.41, 5.74) is 12.1. The van der Waals surface area contributed by atoms with Gasteiger partial charge in [0.05, 0.1) is 18.8 Å². The van der Waals surface area contributed by atoms with Crippen molar-refractivity contribution in [3.8, 4) is 5.75 Å². The number of hydrogen-bond acceptors (Lipinski definition) is 9. The van der Waals surface area contributed by atoms with E-state index >= 15 is 0 Å². The molecule has 0 radical (unpaired) electrons. The zero-order valence-electron chi connectivity index (χ0n) is 21.2. The molecule has 0 aliphatic carbocycles. The lowest BCUT2D eigenvalue weighted by atomic mass is 10.0. The van der Waals surface area contributed by atoms with Crippen LogP contribution in [0.5, 0.6) is 5.75 Å². The molecular formula is C24H31N7O9. The van der Waals surface area contributed by atoms with Crippen molar-refractivity contribution in [3.63, 3.8) is 0 Å². The fourth-order valence-corrected chi connectivity index (χ4v) is 3.56. The van der Waals surface area contributed by atoms with E-state index in [9.17, 15) is 39.0 Å². The molecule has 0 saturated heterocycles. The van der Waals surface area contributed by atoms with E-state index in [1.54, 1.807) is 0 Å². The van der Waals surface area contributed by atoms with E-state index in [1.807, 2.05) is 0 Å². The predicted molar refractivity (Wildman–Crippen MR) is 136 cm³/mol. The van der Waals surface area contributed by atoms with Gasteiger partial charge in [0.25, 0.3) is 0 Å². The summed E-state index contributed by atoms with van der Waals surface area (Å²) in [6, 6.07) is 0.0642. The molecule has 0 spiro atoms. The minimum Gasteiger partial charge on any atom is -0.508 e. The number of imidazole rings is 1. The smallest absolute Gasteiger partial charge is 0.326 e. The molecule has 4 unspecified atom stereocenters. The molecule has 16 heteroatoms. The number of aromatic amines is 1. The summed E-state index contributed by atoms with van der Waals surface area (Å²) >= 11 is 0. The third kappa shape index (κ3) is 10.4. The average Bonchev–Trinajstić information content (AvgIpc) is 3.39. The van der Waals surface area contributed by atoms with Crippen molar-refractivity contribution in [1.82, 2.24) is 25.9 Å². The largest absolute Gasteiger partial charge is 0.508 e. The van der Waals surface area contributed by atoms with E-state index in [1.165, 1.54) is 36.8 Å². The van der Waals surface area contributed by atoms with Crippen molar-refractivity contribution < 1.29 is 44.1 Å². The zero-order chi connectivity index (χ0) is 29.8. The lowest BCUT2D eigenvalue weighted by Gasteiger charge is -2.25. The van der Waals surface area contributed by atoms with Crippen LogP contribution in [0, 0.1) is 0 Å². The maximum absolute atomic E-state index is 13.3. The number of hydrogen-bond donors (Lipinski definition) is 9. The van der Waals surface area contributed by atoms with Crippen LogP contribution in [0.1, 0.15) is 30.5 Å². The van der Waals surface area contributed by atoms with Crippen molar-refractivity contribution in [3.05, 3.63) is 48.0 Å². The number of aromatic nitrogens is 2. The van der Waals surface area contributed by atoms with Gasteiger partial charge in [-0.05, 0) is 24.1 Å². The zero-order valence-corrected chi connectivity index (χ0v) is 21.2. The third-order valence-corrected chi connectivity index (χ3v) is 5.64. The molecule has 0 fully saturated rings. The number of aliphatic carboxylic acids is 2. The number of amides is 4. The Hall–Kier alpha value is -4.99. The maximum Gasteiger partial charge on any atom is 0.326 e. The number of nitrogens with two attached hydrogens (primary N) is 2. The molecule has 2 rings (SSSR count). The van der Waals surface area contributed by atoms with Gasteiger partial charge in [0.15, 0.2) is 0 Å². The molecule has 1 aromatic heterocycles. The van der Waals surface area contributed by atoms with E-state index in [4.69, 9.17) is 16.6 Å². The van der Waals surface area contributed by atoms with Gasteiger partial charge >= 0.3 is 11.9 Å². The molecular weight excluding hydrogens is 530 g/mol. The van der Waals surface area contributed by atoms with Crippen LogP contribution in [-0.2, 0) is 41.6 Å². The summed E-state index contributed by atoms with van der Waals surface area (Å²) in [6.07, 6.45) is 1.09. The number of carboxylic acid groups (broad SMARTS) is 2. The minimum absolute atomic E-state index is 0.0373. The predicted octanol–water partition coefficient (Wildman–Crippen LogP) is -2.49. The normalized spacial score (nSPS) is 13.7. The Kier molecular flexibility index (Phi) is 11.6. The Morgan fingerprint density at radius 2 is 1.48 bits per heavy atom. The molecule has 1 aromatic carbocycles. The average molecular weight is 562 g/mol. The van der Waals surface area contributed by atoms with Crippen molar-refractivity contribution >= 4 is 35.6 Å². The van der Waals surface area contributed by atoms with Crippen LogP contribution in [0.25, 0.3) is 0 Å². The first-order chi connectivity index (χ1) is 18.8. The van der Waals surface area contributed by atoms with Crippen molar-refractivity contribution in [2.45, 2.75) is 56.3 Å². The molecule has 0 saturated carbocycles. The van der Waals surface area contributed by atoms with Crippen LogP contribution < -0.4 is 27.4 Å². The van der Waals surface area contributed by atoms with Gasteiger partial charge in [0.1, 0.15) is 23.9 Å². The number of carboxylic acids is 2. The molecule has 4 atom stereocenters. The Bertz CT molecular complexity index is 1200. The second-order valence-corrected chi connectivity index (χ2v) is 8.88. The van der Waals surface area contributed by atoms with Crippen molar-refractivity contribution in [2.75, 3.05) is 0 Å². The summed E-state index contributed by atoms with van der Waals surface area (Å²) in [4.78, 5) is 79.4. The van der Waals surface area contributed by atoms with Crippen LogP contribution in [0.3, 0.4) is 0 Å². The summed E-state index contributed by atoms with van der Waals surface area (Å²) in [6.45, 7) is 0. The van der Waals surface area contributed by atoms with Crippen LogP contribution >= 0.6 is 0 Å². The quantitative estimate of drug-likeness (QED) is 0.103. The first kappa shape index (κ1) is 31.2. The maximum atomic E-state index is 13.3. The molecule has 2 aromatic rings. The monoisotopic (exact) mass is 561 g/mol. The van der Waals surface area contributed by atoms with Gasteiger partial charge < -0.3 is 47.7 Å². The van der Waals surface area contributed by atoms with E-state index in [0.717, 1.165) is 0 Å². The summed E-state index contributed by atoms with van der Waals surface area (Å²) in [7, 11) is 0. The number of nitrogens with one attached hydrogen (secondary N) is 4. The Balaban J connectivity index is 2.25. The fourth-order valence-electron chi connectivity index (χ4n) is 3.56. The first-order valence-corrected chi connectivity index (χ1v) is 12.0. The highest BCUT2D eigenvalue weighted by Gasteiger charge is 2.31. The minimum atomic E-state index is -1.72. The number of benzene rings is 1. The van der Waals surface area contributed by atoms with Gasteiger partial charge in [-0.25, -0.2) is 9.78 Å². The SMILES string of the molecule is NC(=O)CC(NC(=O)C(CCC(=O)O)NC(=O)C(Cc1ccc(O)cc1)NC(=O)C(N)Cc1cnc[nH]1)C(=O)O. The Morgan fingerprint density at radius 1 is 0.875 bits per heavy atom. The number of aromatic hydroxyl groups is 1. The molecule has 0 aliphatic heterocycles. The van der Waals surface area contributed by atoms with Crippen molar-refractivity contribution in [2.24, 2.45) is 11.5 Å². The molecule has 11 N–H and O–H groups in total. The van der Waals surface area contributed by atoms with Gasteiger partial charge in [-0.2, -0.15) is 0 Å². The Labute approximate surface area is 227 Å². The Morgan fingerprint density at radius 3 is 2.02 bits per heavy atom. The van der Waals surface area contributed by atoms with Crippen LogP contribution in [0.15, 0.2) is 36.8 Å². The fraction of sp³-hybridized carbons (Fsp3) is 0.375. The van der Waals surface area contributed by atoms with Gasteiger partial charge in [0, 0.05) is 31.2 Å². The number of phenols is 1. The van der Waals surface area contributed by atoms with E-state index < -0.39 is 79.0 Å². The van der Waals surface area contributed by atoms with E-state index in [-0.39, 0.29) is 18.6 Å². The van der Waals surface area contributed by atoms with Gasteiger partial charge in [-0.1, -0.05) is 12.1 Å². The molecule has 1 heterocycles. The summed E-state index contributed by atoms with van der Waals surface area (Å²) in [5.74, 6) is -6.60. The number of rotatable bonds is 16. The number of carbonyl (C=O) groups is 6. The van der Waals surface area contributed by atoms with Gasteiger partial charge in [-0.15, -0.1) is 0 Å². The topological polar surface area (TPSA) is 280 Å². The lowest BCUT2D eigenvalue weighted by Crippen LogP contribution is -2.58. The first-order valence-electron chi connectivity index (χ1n) is 12.0. The summed E-state index contributed by atoms with van der Waals surface area (Å²) in [5, 5.41) is 34.8. The van der Waals surface area contributed by atoms with E-state index in [2.05, 4.69) is 25.9 Å². The molecule has 216 valence electrons. The lowest BCUT2D eigenvalue weighted by molar-refractivity contribution is -0.144. The van der Waals surface area contributed by atoms with Crippen LogP contribution in [0.2, 0.25) is 0 Å². The second kappa shape index (κ2) is 14.8.